The Balaban J connectivity index is 1.62. The molecule has 6 nitrogen and oxygen atoms in total. The molecule has 1 spiro atoms. The number of rotatable bonds is 2. The summed E-state index contributed by atoms with van der Waals surface area (Å²) in [4.78, 5) is 27.2. The third kappa shape index (κ3) is 3.51. The van der Waals surface area contributed by atoms with Crippen LogP contribution < -0.4 is 0 Å². The van der Waals surface area contributed by atoms with Crippen molar-refractivity contribution in [3.05, 3.63) is 0 Å². The van der Waals surface area contributed by atoms with E-state index in [1.165, 1.54) is 0 Å². The molecule has 3 heterocycles. The van der Waals surface area contributed by atoms with E-state index in [9.17, 15) is 22.8 Å². The maximum Gasteiger partial charge on any atom is 0.401 e. The second-order valence-electron chi connectivity index (χ2n) is 6.67. The van der Waals surface area contributed by atoms with E-state index in [1.807, 2.05) is 0 Å². The van der Waals surface area contributed by atoms with Crippen LogP contribution in [0.4, 0.5) is 13.2 Å². The number of likely N-dealkylation sites (tertiary alicyclic amines) is 1. The van der Waals surface area contributed by atoms with Crippen LogP contribution in [0.1, 0.15) is 19.3 Å². The number of esters is 1. The number of carbonyl (C=O) groups is 2. The van der Waals surface area contributed by atoms with Crippen LogP contribution in [0.3, 0.4) is 0 Å². The van der Waals surface area contributed by atoms with Gasteiger partial charge in [-0.1, -0.05) is 0 Å². The van der Waals surface area contributed by atoms with Gasteiger partial charge in [0.05, 0.1) is 31.8 Å². The van der Waals surface area contributed by atoms with Crippen LogP contribution in [0, 0.1) is 5.41 Å². The molecule has 0 unspecified atom stereocenters. The van der Waals surface area contributed by atoms with Gasteiger partial charge in [-0.15, -0.1) is 0 Å². The van der Waals surface area contributed by atoms with Crippen molar-refractivity contribution < 1.29 is 32.2 Å². The van der Waals surface area contributed by atoms with Gasteiger partial charge in [0, 0.05) is 19.6 Å². The fraction of sp³-hybridized carbons (Fsp3) is 0.867. The summed E-state index contributed by atoms with van der Waals surface area (Å²) in [5.41, 5.74) is -0.508. The number of nitrogens with zero attached hydrogens (tertiary/aromatic N) is 2. The summed E-state index contributed by atoms with van der Waals surface area (Å²) in [5, 5.41) is 0. The lowest BCUT2D eigenvalue weighted by Crippen LogP contribution is -2.58. The first-order valence-electron chi connectivity index (χ1n) is 8.15. The van der Waals surface area contributed by atoms with Crippen molar-refractivity contribution in [3.63, 3.8) is 0 Å². The summed E-state index contributed by atoms with van der Waals surface area (Å²) in [6.07, 6.45) is -2.69. The van der Waals surface area contributed by atoms with Crippen LogP contribution >= 0.6 is 0 Å². The van der Waals surface area contributed by atoms with Crippen LogP contribution in [0.2, 0.25) is 0 Å². The van der Waals surface area contributed by atoms with Crippen molar-refractivity contribution in [1.29, 1.82) is 0 Å². The van der Waals surface area contributed by atoms with Crippen molar-refractivity contribution in [3.8, 4) is 0 Å². The first kappa shape index (κ1) is 17.5. The van der Waals surface area contributed by atoms with E-state index < -0.39 is 24.2 Å². The van der Waals surface area contributed by atoms with Crippen LogP contribution in [-0.4, -0.2) is 79.9 Å². The monoisotopic (exact) mass is 350 g/mol. The molecule has 0 aliphatic carbocycles. The van der Waals surface area contributed by atoms with Crippen molar-refractivity contribution >= 4 is 11.9 Å². The molecule has 1 amide bonds. The summed E-state index contributed by atoms with van der Waals surface area (Å²) in [7, 11) is 0. The molecule has 0 aromatic heterocycles. The highest BCUT2D eigenvalue weighted by Gasteiger charge is 2.48. The van der Waals surface area contributed by atoms with Gasteiger partial charge in [-0.05, 0) is 19.3 Å². The molecule has 3 fully saturated rings. The smallest absolute Gasteiger partial charge is 0.401 e. The van der Waals surface area contributed by atoms with E-state index in [1.54, 1.807) is 4.90 Å². The number of hydrogen-bond acceptors (Lipinski definition) is 5. The lowest BCUT2D eigenvalue weighted by molar-refractivity contribution is -0.172. The maximum atomic E-state index is 12.7. The molecule has 3 aliphatic rings. The Bertz CT molecular complexity index is 503. The number of cyclic esters (lactones) is 1. The third-order valence-corrected chi connectivity index (χ3v) is 5.19. The molecule has 0 N–H and O–H groups in total. The van der Waals surface area contributed by atoms with E-state index in [2.05, 4.69) is 0 Å². The van der Waals surface area contributed by atoms with Gasteiger partial charge < -0.3 is 14.4 Å². The minimum Gasteiger partial charge on any atom is -0.465 e. The Hall–Kier alpha value is -1.35. The molecule has 3 rings (SSSR count). The number of hydrogen-bond donors (Lipinski definition) is 0. The number of carbonyl (C=O) groups excluding carboxylic acids is 2. The van der Waals surface area contributed by atoms with Crippen LogP contribution in [0.5, 0.6) is 0 Å². The zero-order chi connectivity index (χ0) is 17.4. The highest BCUT2D eigenvalue weighted by Crippen LogP contribution is 2.40. The fourth-order valence-electron chi connectivity index (χ4n) is 3.70. The van der Waals surface area contributed by atoms with Gasteiger partial charge in [-0.25, -0.2) is 0 Å². The second kappa shape index (κ2) is 6.51. The molecule has 1 atom stereocenters. The highest BCUT2D eigenvalue weighted by molar-refractivity contribution is 5.83. The van der Waals surface area contributed by atoms with Gasteiger partial charge >= 0.3 is 12.1 Å². The Kier molecular flexibility index (Phi) is 4.74. The first-order chi connectivity index (χ1) is 11.3. The lowest BCUT2D eigenvalue weighted by atomic mass is 9.77. The maximum absolute atomic E-state index is 12.7. The molecule has 3 aliphatic heterocycles. The molecule has 0 aromatic carbocycles. The van der Waals surface area contributed by atoms with Crippen molar-refractivity contribution in [2.45, 2.75) is 31.5 Å². The van der Waals surface area contributed by atoms with Gasteiger partial charge in [0.25, 0.3) is 0 Å². The van der Waals surface area contributed by atoms with Gasteiger partial charge in [0.2, 0.25) is 5.91 Å². The number of piperidine rings is 1. The Labute approximate surface area is 137 Å². The topological polar surface area (TPSA) is 59.1 Å². The molecule has 0 bridgehead atoms. The van der Waals surface area contributed by atoms with Crippen molar-refractivity contribution in [2.75, 3.05) is 46.0 Å². The second-order valence-corrected chi connectivity index (χ2v) is 6.67. The van der Waals surface area contributed by atoms with Crippen molar-refractivity contribution in [2.24, 2.45) is 5.41 Å². The number of amides is 1. The molecule has 0 saturated carbocycles. The summed E-state index contributed by atoms with van der Waals surface area (Å²) in [5.74, 6) is -0.561. The van der Waals surface area contributed by atoms with E-state index in [4.69, 9.17) is 9.47 Å². The molecule has 3 saturated heterocycles. The summed E-state index contributed by atoms with van der Waals surface area (Å²) >= 11 is 0. The molecular weight excluding hydrogens is 329 g/mol. The first-order valence-corrected chi connectivity index (χ1v) is 8.15. The molecule has 0 radical (unpaired) electrons. The normalized spacial score (nSPS) is 28.2. The van der Waals surface area contributed by atoms with E-state index in [0.29, 0.717) is 39.0 Å². The predicted octanol–water partition coefficient (Wildman–Crippen LogP) is 0.805. The molecular formula is C15H21F3N2O4. The SMILES string of the molecule is O=C([C@@H]1COCCN1CC(F)(F)F)N1CCC2(CCOC2=O)CC1. The standard InChI is InChI=1S/C15H21F3N2O4/c16-15(17,18)10-20-6-8-23-9-11(20)12(21)19-4-1-14(2-5-19)3-7-24-13(14)22/h11H,1-10H2/t11-/m0/s1. The minimum atomic E-state index is -4.35. The summed E-state index contributed by atoms with van der Waals surface area (Å²) in [6, 6.07) is -0.912. The third-order valence-electron chi connectivity index (χ3n) is 5.19. The van der Waals surface area contributed by atoms with Crippen molar-refractivity contribution in [1.82, 2.24) is 9.80 Å². The average Bonchev–Trinajstić information content (AvgIpc) is 2.87. The highest BCUT2D eigenvalue weighted by atomic mass is 19.4. The van der Waals surface area contributed by atoms with Gasteiger partial charge in [-0.2, -0.15) is 13.2 Å². The van der Waals surface area contributed by atoms with E-state index in [0.717, 1.165) is 4.90 Å². The Morgan fingerprint density at radius 2 is 1.88 bits per heavy atom. The molecule has 9 heteroatoms. The number of ether oxygens (including phenoxy) is 2. The number of morpholine rings is 1. The molecule has 24 heavy (non-hydrogen) atoms. The van der Waals surface area contributed by atoms with Gasteiger partial charge in [0.1, 0.15) is 6.04 Å². The fourth-order valence-corrected chi connectivity index (χ4v) is 3.70. The van der Waals surface area contributed by atoms with E-state index in [-0.39, 0.29) is 31.6 Å². The predicted molar refractivity (Wildman–Crippen MR) is 76.1 cm³/mol. The zero-order valence-electron chi connectivity index (χ0n) is 13.3. The Morgan fingerprint density at radius 1 is 1.17 bits per heavy atom. The van der Waals surface area contributed by atoms with Crippen LogP contribution in [0.25, 0.3) is 0 Å². The number of alkyl halides is 3. The van der Waals surface area contributed by atoms with Gasteiger partial charge in [-0.3, -0.25) is 14.5 Å². The van der Waals surface area contributed by atoms with Gasteiger partial charge in [0.15, 0.2) is 0 Å². The Morgan fingerprint density at radius 3 is 2.46 bits per heavy atom. The summed E-state index contributed by atoms with van der Waals surface area (Å²) in [6.45, 7) is 0.265. The average molecular weight is 350 g/mol. The zero-order valence-corrected chi connectivity index (χ0v) is 13.3. The molecule has 136 valence electrons. The van der Waals surface area contributed by atoms with Crippen LogP contribution in [0.15, 0.2) is 0 Å². The van der Waals surface area contributed by atoms with E-state index >= 15 is 0 Å². The number of halogens is 3. The minimum absolute atomic E-state index is 0.0292. The lowest BCUT2D eigenvalue weighted by Gasteiger charge is -2.41. The molecule has 0 aromatic rings. The summed E-state index contributed by atoms with van der Waals surface area (Å²) < 4.78 is 48.4. The largest absolute Gasteiger partial charge is 0.465 e. The van der Waals surface area contributed by atoms with Crippen LogP contribution in [-0.2, 0) is 19.1 Å². The quantitative estimate of drug-likeness (QED) is 0.690.